The van der Waals surface area contributed by atoms with Gasteiger partial charge in [-0.25, -0.2) is 4.98 Å². The Labute approximate surface area is 174 Å². The zero-order chi connectivity index (χ0) is 20.8. The Hall–Kier alpha value is -3.42. The monoisotopic (exact) mass is 404 g/mol. The number of anilines is 2. The Balaban J connectivity index is 1.39. The SMILES string of the molecule is Cc1nn(C)c2ncc(Nc3cccc4c3C(=O)N(CC(=O)N3CCCC3)C4)cc12. The Bertz CT molecular complexity index is 1160. The third-order valence-corrected chi connectivity index (χ3v) is 5.94. The van der Waals surface area contributed by atoms with Gasteiger partial charge in [0.25, 0.3) is 5.91 Å². The molecule has 5 rings (SSSR count). The summed E-state index contributed by atoms with van der Waals surface area (Å²) in [5.74, 6) is -0.0721. The van der Waals surface area contributed by atoms with Gasteiger partial charge >= 0.3 is 0 Å². The van der Waals surface area contributed by atoms with Crippen molar-refractivity contribution < 1.29 is 9.59 Å². The van der Waals surface area contributed by atoms with Crippen LogP contribution in [0.25, 0.3) is 11.0 Å². The number of carbonyl (C=O) groups excluding carboxylic acids is 2. The van der Waals surface area contributed by atoms with E-state index in [1.54, 1.807) is 15.8 Å². The van der Waals surface area contributed by atoms with E-state index in [4.69, 9.17) is 0 Å². The zero-order valence-electron chi connectivity index (χ0n) is 17.2. The van der Waals surface area contributed by atoms with Gasteiger partial charge in [0.1, 0.15) is 6.54 Å². The van der Waals surface area contributed by atoms with E-state index in [0.717, 1.165) is 59.6 Å². The molecule has 30 heavy (non-hydrogen) atoms. The van der Waals surface area contributed by atoms with Gasteiger partial charge in [-0.05, 0) is 37.5 Å². The molecule has 0 bridgehead atoms. The normalized spacial score (nSPS) is 15.9. The minimum absolute atomic E-state index is 0.0323. The number of aryl methyl sites for hydroxylation is 2. The first-order valence-corrected chi connectivity index (χ1v) is 10.3. The van der Waals surface area contributed by atoms with Gasteiger partial charge in [0.2, 0.25) is 5.91 Å². The van der Waals surface area contributed by atoms with Gasteiger partial charge in [-0.1, -0.05) is 12.1 Å². The molecule has 3 aromatic rings. The third kappa shape index (κ3) is 3.08. The minimum atomic E-state index is -0.104. The number of likely N-dealkylation sites (tertiary alicyclic amines) is 1. The first-order chi connectivity index (χ1) is 14.5. The number of hydrogen-bond acceptors (Lipinski definition) is 5. The van der Waals surface area contributed by atoms with Crippen molar-refractivity contribution in [1.82, 2.24) is 24.6 Å². The van der Waals surface area contributed by atoms with Crippen molar-refractivity contribution in [3.8, 4) is 0 Å². The highest BCUT2D eigenvalue weighted by Crippen LogP contribution is 2.32. The molecule has 2 amide bonds. The molecule has 1 N–H and O–H groups in total. The second kappa shape index (κ2) is 7.12. The van der Waals surface area contributed by atoms with E-state index in [1.165, 1.54) is 0 Å². The molecule has 2 aliphatic heterocycles. The Kier molecular flexibility index (Phi) is 4.42. The molecule has 8 heteroatoms. The van der Waals surface area contributed by atoms with Crippen LogP contribution in [0.15, 0.2) is 30.5 Å². The smallest absolute Gasteiger partial charge is 0.257 e. The highest BCUT2D eigenvalue weighted by atomic mass is 16.2. The molecule has 1 aromatic carbocycles. The summed E-state index contributed by atoms with van der Waals surface area (Å²) in [7, 11) is 1.87. The van der Waals surface area contributed by atoms with E-state index >= 15 is 0 Å². The Morgan fingerprint density at radius 1 is 1.23 bits per heavy atom. The molecule has 1 fully saturated rings. The van der Waals surface area contributed by atoms with Crippen molar-refractivity contribution in [2.45, 2.75) is 26.3 Å². The molecular formula is C22H24N6O2. The van der Waals surface area contributed by atoms with Gasteiger partial charge in [-0.15, -0.1) is 0 Å². The lowest BCUT2D eigenvalue weighted by molar-refractivity contribution is -0.130. The number of nitrogens with one attached hydrogen (secondary N) is 1. The number of benzene rings is 1. The van der Waals surface area contributed by atoms with Crippen molar-refractivity contribution in [3.63, 3.8) is 0 Å². The zero-order valence-corrected chi connectivity index (χ0v) is 17.2. The molecule has 0 aliphatic carbocycles. The molecule has 2 aliphatic rings. The molecule has 0 unspecified atom stereocenters. The minimum Gasteiger partial charge on any atom is -0.354 e. The van der Waals surface area contributed by atoms with Crippen LogP contribution in [-0.2, 0) is 18.4 Å². The summed E-state index contributed by atoms with van der Waals surface area (Å²) in [6.07, 6.45) is 3.84. The average molecular weight is 404 g/mol. The lowest BCUT2D eigenvalue weighted by atomic mass is 10.1. The molecule has 1 saturated heterocycles. The topological polar surface area (TPSA) is 83.4 Å². The van der Waals surface area contributed by atoms with Crippen LogP contribution >= 0.6 is 0 Å². The first-order valence-electron chi connectivity index (χ1n) is 10.3. The van der Waals surface area contributed by atoms with Crippen LogP contribution in [0.3, 0.4) is 0 Å². The van der Waals surface area contributed by atoms with Crippen LogP contribution in [0.1, 0.15) is 34.5 Å². The predicted molar refractivity (Wildman–Crippen MR) is 114 cm³/mol. The molecule has 0 radical (unpaired) electrons. The Morgan fingerprint density at radius 3 is 2.83 bits per heavy atom. The van der Waals surface area contributed by atoms with Gasteiger partial charge in [0, 0.05) is 32.1 Å². The van der Waals surface area contributed by atoms with Crippen molar-refractivity contribution in [1.29, 1.82) is 0 Å². The van der Waals surface area contributed by atoms with Gasteiger partial charge in [-0.2, -0.15) is 5.10 Å². The summed E-state index contributed by atoms with van der Waals surface area (Å²) in [6.45, 7) is 4.14. The number of aromatic nitrogens is 3. The summed E-state index contributed by atoms with van der Waals surface area (Å²) in [5, 5.41) is 8.73. The fourth-order valence-corrected chi connectivity index (χ4v) is 4.41. The highest BCUT2D eigenvalue weighted by molar-refractivity contribution is 6.05. The van der Waals surface area contributed by atoms with Crippen LogP contribution in [-0.4, -0.2) is 56.0 Å². The summed E-state index contributed by atoms with van der Waals surface area (Å²) < 4.78 is 1.76. The van der Waals surface area contributed by atoms with Gasteiger partial charge in [-0.3, -0.25) is 14.3 Å². The maximum absolute atomic E-state index is 13.1. The number of rotatable bonds is 4. The number of carbonyl (C=O) groups is 2. The average Bonchev–Trinajstić information content (AvgIpc) is 3.43. The van der Waals surface area contributed by atoms with Gasteiger partial charge < -0.3 is 15.1 Å². The maximum Gasteiger partial charge on any atom is 0.257 e. The Morgan fingerprint density at radius 2 is 2.03 bits per heavy atom. The molecule has 0 spiro atoms. The molecular weight excluding hydrogens is 380 g/mol. The van der Waals surface area contributed by atoms with Crippen LogP contribution in [0.5, 0.6) is 0 Å². The maximum atomic E-state index is 13.1. The van der Waals surface area contributed by atoms with Crippen molar-refractivity contribution in [2.24, 2.45) is 7.05 Å². The van der Waals surface area contributed by atoms with Crippen molar-refractivity contribution >= 4 is 34.2 Å². The highest BCUT2D eigenvalue weighted by Gasteiger charge is 2.32. The molecule has 0 atom stereocenters. The second-order valence-electron chi connectivity index (χ2n) is 8.02. The van der Waals surface area contributed by atoms with E-state index in [0.29, 0.717) is 12.1 Å². The van der Waals surface area contributed by atoms with E-state index in [1.807, 2.05) is 43.1 Å². The lowest BCUT2D eigenvalue weighted by Gasteiger charge is -2.20. The van der Waals surface area contributed by atoms with Crippen molar-refractivity contribution in [2.75, 3.05) is 25.0 Å². The third-order valence-electron chi connectivity index (χ3n) is 5.94. The number of nitrogens with zero attached hydrogens (tertiary/aromatic N) is 5. The lowest BCUT2D eigenvalue weighted by Crippen LogP contribution is -2.39. The summed E-state index contributed by atoms with van der Waals surface area (Å²) in [5.41, 5.74) is 4.83. The summed E-state index contributed by atoms with van der Waals surface area (Å²) in [4.78, 5) is 33.6. The van der Waals surface area contributed by atoms with E-state index < -0.39 is 0 Å². The molecule has 0 saturated carbocycles. The number of pyridine rings is 1. The fraction of sp³-hybridized carbons (Fsp3) is 0.364. The summed E-state index contributed by atoms with van der Waals surface area (Å²) >= 11 is 0. The molecule has 4 heterocycles. The van der Waals surface area contributed by atoms with E-state index in [2.05, 4.69) is 15.4 Å². The van der Waals surface area contributed by atoms with Crippen LogP contribution in [0.4, 0.5) is 11.4 Å². The van der Waals surface area contributed by atoms with Crippen LogP contribution in [0, 0.1) is 6.92 Å². The number of amides is 2. The van der Waals surface area contributed by atoms with Crippen molar-refractivity contribution in [3.05, 3.63) is 47.3 Å². The van der Waals surface area contributed by atoms with Gasteiger partial charge in [0.15, 0.2) is 5.65 Å². The predicted octanol–water partition coefficient (Wildman–Crippen LogP) is 2.60. The van der Waals surface area contributed by atoms with Crippen LogP contribution < -0.4 is 5.32 Å². The first kappa shape index (κ1) is 18.6. The second-order valence-corrected chi connectivity index (χ2v) is 8.02. The molecule has 2 aromatic heterocycles. The quantitative estimate of drug-likeness (QED) is 0.723. The molecule has 154 valence electrons. The van der Waals surface area contributed by atoms with Gasteiger partial charge in [0.05, 0.1) is 28.8 Å². The standard InChI is InChI=1S/C22H24N6O2/c1-14-17-10-16(11-23-21(17)26(2)25-14)24-18-7-5-6-15-12-28(22(30)20(15)18)13-19(29)27-8-3-4-9-27/h5-7,10-11,24H,3-4,8-9,12-13H2,1-2H3. The number of hydrogen-bond donors (Lipinski definition) is 1. The number of fused-ring (bicyclic) bond motifs is 2. The van der Waals surface area contributed by atoms with Crippen LogP contribution in [0.2, 0.25) is 0 Å². The van der Waals surface area contributed by atoms with E-state index in [9.17, 15) is 9.59 Å². The van der Waals surface area contributed by atoms with E-state index in [-0.39, 0.29) is 18.4 Å². The fourth-order valence-electron chi connectivity index (χ4n) is 4.41. The molecule has 8 nitrogen and oxygen atoms in total. The summed E-state index contributed by atoms with van der Waals surface area (Å²) in [6, 6.07) is 7.77. The largest absolute Gasteiger partial charge is 0.354 e.